The molecule has 0 amide bonds. The second-order valence-electron chi connectivity index (χ2n) is 4.59. The number of anilines is 2. The van der Waals surface area contributed by atoms with Gasteiger partial charge in [0.15, 0.2) is 0 Å². The Labute approximate surface area is 112 Å². The van der Waals surface area contributed by atoms with Crippen molar-refractivity contribution < 1.29 is 4.74 Å². The normalized spacial score (nSPS) is 10.7. The highest BCUT2D eigenvalue weighted by molar-refractivity contribution is 5.53. The van der Waals surface area contributed by atoms with Crippen molar-refractivity contribution in [3.05, 3.63) is 30.1 Å². The first-order valence-corrected chi connectivity index (χ1v) is 6.20. The molecule has 2 aromatic rings. The molecule has 0 aliphatic carbocycles. The molecule has 2 heterocycles. The zero-order valence-electron chi connectivity index (χ0n) is 11.4. The largest absolute Gasteiger partial charge is 0.473 e. The molecule has 6 heteroatoms. The Kier molecular flexibility index (Phi) is 3.89. The third-order valence-corrected chi connectivity index (χ3v) is 2.46. The number of hydrogen-bond acceptors (Lipinski definition) is 5. The lowest BCUT2D eigenvalue weighted by Gasteiger charge is -2.12. The number of nitrogens with one attached hydrogen (secondary N) is 1. The van der Waals surface area contributed by atoms with E-state index in [4.69, 9.17) is 10.5 Å². The van der Waals surface area contributed by atoms with Crippen molar-refractivity contribution in [3.8, 4) is 5.88 Å². The molecule has 2 aromatic heterocycles. The van der Waals surface area contributed by atoms with Gasteiger partial charge in [0.2, 0.25) is 5.88 Å². The SMILES string of the molecule is CC(C)Oc1nc(NCc2ccn(C)n2)ccc1N. The van der Waals surface area contributed by atoms with Gasteiger partial charge in [-0.15, -0.1) is 0 Å². The summed E-state index contributed by atoms with van der Waals surface area (Å²) in [7, 11) is 1.89. The van der Waals surface area contributed by atoms with Crippen LogP contribution < -0.4 is 15.8 Å². The molecule has 0 bridgehead atoms. The highest BCUT2D eigenvalue weighted by Gasteiger charge is 2.06. The summed E-state index contributed by atoms with van der Waals surface area (Å²) in [5, 5.41) is 7.48. The number of pyridine rings is 1. The van der Waals surface area contributed by atoms with Gasteiger partial charge in [0.05, 0.1) is 24.0 Å². The first-order chi connectivity index (χ1) is 9.04. The van der Waals surface area contributed by atoms with Gasteiger partial charge in [-0.2, -0.15) is 10.1 Å². The van der Waals surface area contributed by atoms with Gasteiger partial charge < -0.3 is 15.8 Å². The molecule has 0 saturated carbocycles. The molecule has 0 radical (unpaired) electrons. The lowest BCUT2D eigenvalue weighted by molar-refractivity contribution is 0.234. The van der Waals surface area contributed by atoms with Gasteiger partial charge in [0.25, 0.3) is 0 Å². The molecule has 0 unspecified atom stereocenters. The van der Waals surface area contributed by atoms with Gasteiger partial charge in [-0.25, -0.2) is 0 Å². The Hall–Kier alpha value is -2.24. The minimum Gasteiger partial charge on any atom is -0.473 e. The summed E-state index contributed by atoms with van der Waals surface area (Å²) in [6, 6.07) is 5.56. The van der Waals surface area contributed by atoms with Crippen LogP contribution in [-0.2, 0) is 13.6 Å². The van der Waals surface area contributed by atoms with E-state index in [1.165, 1.54) is 0 Å². The van der Waals surface area contributed by atoms with E-state index in [9.17, 15) is 0 Å². The third kappa shape index (κ3) is 3.61. The van der Waals surface area contributed by atoms with Crippen molar-refractivity contribution in [1.29, 1.82) is 0 Å². The zero-order valence-corrected chi connectivity index (χ0v) is 11.4. The van der Waals surface area contributed by atoms with Gasteiger partial charge in [0.1, 0.15) is 5.82 Å². The highest BCUT2D eigenvalue weighted by Crippen LogP contribution is 2.22. The highest BCUT2D eigenvalue weighted by atomic mass is 16.5. The minimum atomic E-state index is 0.0424. The van der Waals surface area contributed by atoms with E-state index >= 15 is 0 Å². The summed E-state index contributed by atoms with van der Waals surface area (Å²) in [6.07, 6.45) is 1.95. The summed E-state index contributed by atoms with van der Waals surface area (Å²) in [6.45, 7) is 4.49. The molecule has 102 valence electrons. The average molecular weight is 261 g/mol. The van der Waals surface area contributed by atoms with Crippen LogP contribution in [0.5, 0.6) is 5.88 Å². The second kappa shape index (κ2) is 5.60. The molecule has 19 heavy (non-hydrogen) atoms. The second-order valence-corrected chi connectivity index (χ2v) is 4.59. The summed E-state index contributed by atoms with van der Waals surface area (Å²) in [5.41, 5.74) is 7.31. The van der Waals surface area contributed by atoms with E-state index in [0.717, 1.165) is 11.5 Å². The smallest absolute Gasteiger partial charge is 0.239 e. The monoisotopic (exact) mass is 261 g/mol. The van der Waals surface area contributed by atoms with Gasteiger partial charge in [-0.3, -0.25) is 4.68 Å². The number of nitrogens with two attached hydrogens (primary N) is 1. The predicted molar refractivity (Wildman–Crippen MR) is 74.9 cm³/mol. The van der Waals surface area contributed by atoms with Gasteiger partial charge in [-0.05, 0) is 32.0 Å². The molecule has 0 saturated heterocycles. The van der Waals surface area contributed by atoms with Gasteiger partial charge in [0, 0.05) is 13.2 Å². The molecule has 2 rings (SSSR count). The first-order valence-electron chi connectivity index (χ1n) is 6.20. The molecule has 0 spiro atoms. The van der Waals surface area contributed by atoms with Crippen LogP contribution in [0.1, 0.15) is 19.5 Å². The van der Waals surface area contributed by atoms with Gasteiger partial charge >= 0.3 is 0 Å². The van der Waals surface area contributed by atoms with E-state index in [0.29, 0.717) is 18.1 Å². The molecule has 0 atom stereocenters. The molecule has 0 aromatic carbocycles. The lowest BCUT2D eigenvalue weighted by atomic mass is 10.3. The van der Waals surface area contributed by atoms with Gasteiger partial charge in [-0.1, -0.05) is 0 Å². The summed E-state index contributed by atoms with van der Waals surface area (Å²) >= 11 is 0. The molecular weight excluding hydrogens is 242 g/mol. The molecule has 0 aliphatic rings. The maximum absolute atomic E-state index is 5.82. The van der Waals surface area contributed by atoms with Crippen LogP contribution in [-0.4, -0.2) is 20.9 Å². The Morgan fingerprint density at radius 3 is 2.79 bits per heavy atom. The van der Waals surface area contributed by atoms with E-state index in [-0.39, 0.29) is 6.10 Å². The maximum atomic E-state index is 5.82. The van der Waals surface area contributed by atoms with Crippen molar-refractivity contribution in [2.45, 2.75) is 26.5 Å². The Morgan fingerprint density at radius 1 is 1.37 bits per heavy atom. The topological polar surface area (TPSA) is 78.0 Å². The number of hydrogen-bond donors (Lipinski definition) is 2. The predicted octanol–water partition coefficient (Wildman–Crippen LogP) is 1.80. The van der Waals surface area contributed by atoms with Crippen LogP contribution in [0.2, 0.25) is 0 Å². The Bertz CT molecular complexity index is 550. The standard InChI is InChI=1S/C13H19N5O/c1-9(2)19-13-11(14)4-5-12(16-13)15-8-10-6-7-18(3)17-10/h4-7,9H,8,14H2,1-3H3,(H,15,16). The van der Waals surface area contributed by atoms with E-state index in [1.807, 2.05) is 39.2 Å². The summed E-state index contributed by atoms with van der Waals surface area (Å²) in [5.74, 6) is 1.18. The van der Waals surface area contributed by atoms with Crippen molar-refractivity contribution >= 4 is 11.5 Å². The summed E-state index contributed by atoms with van der Waals surface area (Å²) < 4.78 is 7.31. The number of aromatic nitrogens is 3. The number of ether oxygens (including phenoxy) is 1. The van der Waals surface area contributed by atoms with Crippen LogP contribution in [0.3, 0.4) is 0 Å². The number of rotatable bonds is 5. The van der Waals surface area contributed by atoms with Crippen LogP contribution >= 0.6 is 0 Å². The first kappa shape index (κ1) is 13.2. The fraction of sp³-hybridized carbons (Fsp3) is 0.385. The van der Waals surface area contributed by atoms with E-state index in [1.54, 1.807) is 10.7 Å². The molecular formula is C13H19N5O. The minimum absolute atomic E-state index is 0.0424. The lowest BCUT2D eigenvalue weighted by Crippen LogP contribution is -2.10. The van der Waals surface area contributed by atoms with Crippen LogP contribution in [0.25, 0.3) is 0 Å². The molecule has 6 nitrogen and oxygen atoms in total. The Morgan fingerprint density at radius 2 is 2.16 bits per heavy atom. The molecule has 3 N–H and O–H groups in total. The Balaban J connectivity index is 2.04. The summed E-state index contributed by atoms with van der Waals surface area (Å²) in [4.78, 5) is 4.34. The molecule has 0 fully saturated rings. The number of nitrogen functional groups attached to an aromatic ring is 1. The maximum Gasteiger partial charge on any atom is 0.239 e. The van der Waals surface area contributed by atoms with Crippen molar-refractivity contribution in [2.75, 3.05) is 11.1 Å². The van der Waals surface area contributed by atoms with Crippen molar-refractivity contribution in [2.24, 2.45) is 7.05 Å². The van der Waals surface area contributed by atoms with E-state index < -0.39 is 0 Å². The fourth-order valence-electron chi connectivity index (χ4n) is 1.61. The van der Waals surface area contributed by atoms with Crippen LogP contribution in [0.4, 0.5) is 11.5 Å². The van der Waals surface area contributed by atoms with E-state index in [2.05, 4.69) is 15.4 Å². The molecule has 0 aliphatic heterocycles. The van der Waals surface area contributed by atoms with Crippen LogP contribution in [0, 0.1) is 0 Å². The quantitative estimate of drug-likeness (QED) is 0.858. The zero-order chi connectivity index (χ0) is 13.8. The van der Waals surface area contributed by atoms with Crippen molar-refractivity contribution in [1.82, 2.24) is 14.8 Å². The number of nitrogens with zero attached hydrogens (tertiary/aromatic N) is 3. The average Bonchev–Trinajstić information content (AvgIpc) is 2.75. The van der Waals surface area contributed by atoms with Crippen LogP contribution in [0.15, 0.2) is 24.4 Å². The third-order valence-electron chi connectivity index (χ3n) is 2.46. The number of aryl methyl sites for hydroxylation is 1. The van der Waals surface area contributed by atoms with Crippen molar-refractivity contribution in [3.63, 3.8) is 0 Å². The fourth-order valence-corrected chi connectivity index (χ4v) is 1.61.